The van der Waals surface area contributed by atoms with Crippen LogP contribution in [0.5, 0.6) is 0 Å². The zero-order valence-corrected chi connectivity index (χ0v) is 12.1. The molecule has 5 nitrogen and oxygen atoms in total. The van der Waals surface area contributed by atoms with Gasteiger partial charge in [0.25, 0.3) is 0 Å². The quantitative estimate of drug-likeness (QED) is 0.609. The predicted molar refractivity (Wildman–Crippen MR) is 74.2 cm³/mol. The number of hydrogen-bond donors (Lipinski definition) is 2. The molecule has 1 aromatic heterocycles. The normalized spacial score (nSPS) is 25.7. The molecular formula is C12H17ClN2O3S. The van der Waals surface area contributed by atoms with Gasteiger partial charge in [0.05, 0.1) is 17.7 Å². The van der Waals surface area contributed by atoms with Gasteiger partial charge in [-0.15, -0.1) is 0 Å². The van der Waals surface area contributed by atoms with Crippen molar-refractivity contribution < 1.29 is 14.6 Å². The van der Waals surface area contributed by atoms with E-state index in [-0.39, 0.29) is 18.8 Å². The number of nitrogens with two attached hydrogens (primary N) is 1. The summed E-state index contributed by atoms with van der Waals surface area (Å²) in [6.45, 7) is 2.61. The molecule has 1 aliphatic rings. The molecule has 3 N–H and O–H groups in total. The maximum Gasteiger partial charge on any atom is 0.135 e. The Morgan fingerprint density at radius 2 is 2.47 bits per heavy atom. The van der Waals surface area contributed by atoms with E-state index < -0.39 is 11.5 Å². The second-order valence-corrected chi connectivity index (χ2v) is 5.95. The van der Waals surface area contributed by atoms with E-state index in [1.54, 1.807) is 18.5 Å². The highest BCUT2D eigenvalue weighted by Gasteiger charge is 2.33. The van der Waals surface area contributed by atoms with Crippen LogP contribution in [0.3, 0.4) is 0 Å². The molecule has 1 fully saturated rings. The van der Waals surface area contributed by atoms with Crippen molar-refractivity contribution in [2.45, 2.75) is 35.6 Å². The molecule has 1 aliphatic heterocycles. The first-order valence-electron chi connectivity index (χ1n) is 6.02. The third kappa shape index (κ3) is 4.05. The molecule has 0 saturated carbocycles. The summed E-state index contributed by atoms with van der Waals surface area (Å²) >= 11 is 7.25. The number of aliphatic hydroxyl groups excluding tert-OH is 1. The van der Waals surface area contributed by atoms with Crippen LogP contribution in [0.25, 0.3) is 0 Å². The van der Waals surface area contributed by atoms with Gasteiger partial charge in [0.15, 0.2) is 0 Å². The number of pyridine rings is 1. The minimum Gasteiger partial charge on any atom is -0.388 e. The van der Waals surface area contributed by atoms with Crippen LogP contribution >= 0.6 is 23.4 Å². The third-order valence-corrected chi connectivity index (χ3v) is 4.20. The van der Waals surface area contributed by atoms with Gasteiger partial charge in [-0.05, 0) is 13.0 Å². The first kappa shape index (κ1) is 15.0. The van der Waals surface area contributed by atoms with Gasteiger partial charge < -0.3 is 20.3 Å². The average Bonchev–Trinajstić information content (AvgIpc) is 2.40. The molecule has 3 unspecified atom stereocenters. The number of thioether (sulfide) groups is 1. The van der Waals surface area contributed by atoms with Crippen LogP contribution in [0.2, 0.25) is 5.02 Å². The summed E-state index contributed by atoms with van der Waals surface area (Å²) in [5, 5.41) is 10.5. The molecule has 0 spiro atoms. The van der Waals surface area contributed by atoms with E-state index >= 15 is 0 Å². The van der Waals surface area contributed by atoms with E-state index in [1.807, 2.05) is 6.92 Å². The fraction of sp³-hybridized carbons (Fsp3) is 0.583. The van der Waals surface area contributed by atoms with Crippen molar-refractivity contribution in [2.75, 3.05) is 13.2 Å². The van der Waals surface area contributed by atoms with Crippen LogP contribution in [-0.2, 0) is 9.47 Å². The second-order valence-electron chi connectivity index (χ2n) is 4.34. The number of rotatable bonds is 6. The summed E-state index contributed by atoms with van der Waals surface area (Å²) in [6.07, 6.45) is 2.52. The number of halogens is 1. The molecule has 0 aromatic carbocycles. The Bertz CT molecular complexity index is 424. The summed E-state index contributed by atoms with van der Waals surface area (Å²) in [7, 11) is 0. The molecule has 0 radical (unpaired) electrons. The topological polar surface area (TPSA) is 77.6 Å². The lowest BCUT2D eigenvalue weighted by atomic mass is 10.1. The van der Waals surface area contributed by atoms with Crippen LogP contribution in [-0.4, -0.2) is 47.0 Å². The van der Waals surface area contributed by atoms with E-state index in [0.717, 1.165) is 4.90 Å². The van der Waals surface area contributed by atoms with E-state index in [1.165, 1.54) is 11.8 Å². The first-order valence-corrected chi connectivity index (χ1v) is 7.28. The van der Waals surface area contributed by atoms with Gasteiger partial charge in [-0.25, -0.2) is 0 Å². The maximum atomic E-state index is 9.94. The summed E-state index contributed by atoms with van der Waals surface area (Å²) in [6, 6.07) is 1.78. The zero-order chi connectivity index (χ0) is 13.8. The van der Waals surface area contributed by atoms with Gasteiger partial charge in [-0.3, -0.25) is 4.98 Å². The lowest BCUT2D eigenvalue weighted by Crippen LogP contribution is -2.48. The van der Waals surface area contributed by atoms with Crippen LogP contribution in [0.4, 0.5) is 0 Å². The Morgan fingerprint density at radius 3 is 3.00 bits per heavy atom. The lowest BCUT2D eigenvalue weighted by molar-refractivity contribution is -0.195. The van der Waals surface area contributed by atoms with E-state index in [2.05, 4.69) is 4.98 Å². The second kappa shape index (κ2) is 6.88. The molecule has 19 heavy (non-hydrogen) atoms. The third-order valence-electron chi connectivity index (χ3n) is 2.84. The zero-order valence-electron chi connectivity index (χ0n) is 10.5. The standard InChI is InChI=1S/C12H17ClN2O3S/c1-7-11(6-17-7)18-12(10(16)3-14)19-9-2-8(13)4-15-5-9/h2,4-5,7,10-12,16H,3,6,14H2,1H3/t7?,10-,11?,12?/m0/s1. The van der Waals surface area contributed by atoms with Crippen molar-refractivity contribution >= 4 is 23.4 Å². The lowest BCUT2D eigenvalue weighted by Gasteiger charge is -2.37. The van der Waals surface area contributed by atoms with Gasteiger partial charge in [-0.2, -0.15) is 0 Å². The maximum absolute atomic E-state index is 9.94. The van der Waals surface area contributed by atoms with E-state index in [4.69, 9.17) is 26.8 Å². The minimum atomic E-state index is -0.753. The van der Waals surface area contributed by atoms with Crippen molar-refractivity contribution in [3.63, 3.8) is 0 Å². The molecule has 4 atom stereocenters. The van der Waals surface area contributed by atoms with Crippen molar-refractivity contribution in [3.05, 3.63) is 23.5 Å². The SMILES string of the molecule is CC1OCC1OC(Sc1cncc(Cl)c1)[C@@H](O)CN. The Morgan fingerprint density at radius 1 is 1.68 bits per heavy atom. The number of hydrogen-bond acceptors (Lipinski definition) is 6. The molecule has 7 heteroatoms. The van der Waals surface area contributed by atoms with Gasteiger partial charge in [0.2, 0.25) is 0 Å². The van der Waals surface area contributed by atoms with E-state index in [0.29, 0.717) is 11.6 Å². The molecule has 1 aromatic rings. The van der Waals surface area contributed by atoms with Crippen molar-refractivity contribution in [3.8, 4) is 0 Å². The number of nitrogens with zero attached hydrogens (tertiary/aromatic N) is 1. The molecule has 0 amide bonds. The van der Waals surface area contributed by atoms with Gasteiger partial charge in [0.1, 0.15) is 17.6 Å². The molecule has 0 aliphatic carbocycles. The monoisotopic (exact) mass is 304 g/mol. The Kier molecular flexibility index (Phi) is 5.44. The highest BCUT2D eigenvalue weighted by Crippen LogP contribution is 2.30. The average molecular weight is 305 g/mol. The van der Waals surface area contributed by atoms with Crippen LogP contribution < -0.4 is 5.73 Å². The smallest absolute Gasteiger partial charge is 0.135 e. The van der Waals surface area contributed by atoms with Crippen LogP contribution in [0.1, 0.15) is 6.92 Å². The predicted octanol–water partition coefficient (Wildman–Crippen LogP) is 1.28. The highest BCUT2D eigenvalue weighted by atomic mass is 35.5. The van der Waals surface area contributed by atoms with Crippen LogP contribution in [0.15, 0.2) is 23.4 Å². The Labute approximate surface area is 121 Å². The number of aromatic nitrogens is 1. The van der Waals surface area contributed by atoms with Crippen molar-refractivity contribution in [2.24, 2.45) is 5.73 Å². The summed E-state index contributed by atoms with van der Waals surface area (Å²) in [5.74, 6) is 0. The molecule has 106 valence electrons. The number of aliphatic hydroxyl groups is 1. The Hall–Kier alpha value is -0.370. The van der Waals surface area contributed by atoms with Gasteiger partial charge in [0, 0.05) is 23.8 Å². The molecule has 0 bridgehead atoms. The molecule has 1 saturated heterocycles. The van der Waals surface area contributed by atoms with Crippen molar-refractivity contribution in [1.29, 1.82) is 0 Å². The first-order chi connectivity index (χ1) is 9.10. The van der Waals surface area contributed by atoms with Crippen LogP contribution in [0, 0.1) is 0 Å². The number of ether oxygens (including phenoxy) is 2. The Balaban J connectivity index is 2.00. The fourth-order valence-electron chi connectivity index (χ4n) is 1.59. The molecule has 2 heterocycles. The highest BCUT2D eigenvalue weighted by molar-refractivity contribution is 7.99. The summed E-state index contributed by atoms with van der Waals surface area (Å²) in [4.78, 5) is 4.84. The fourth-order valence-corrected chi connectivity index (χ4v) is 2.88. The minimum absolute atomic E-state index is 0.00848. The largest absolute Gasteiger partial charge is 0.388 e. The summed E-state index contributed by atoms with van der Waals surface area (Å²) < 4.78 is 11.1. The summed E-state index contributed by atoms with van der Waals surface area (Å²) in [5.41, 5.74) is 5.05. The van der Waals surface area contributed by atoms with E-state index in [9.17, 15) is 5.11 Å². The molecular weight excluding hydrogens is 288 g/mol. The molecule has 2 rings (SSSR count). The van der Waals surface area contributed by atoms with Crippen molar-refractivity contribution in [1.82, 2.24) is 4.98 Å². The van der Waals surface area contributed by atoms with Gasteiger partial charge in [-0.1, -0.05) is 23.4 Å². The van der Waals surface area contributed by atoms with Gasteiger partial charge >= 0.3 is 0 Å².